The smallest absolute Gasteiger partial charge is 0.135 e. The van der Waals surface area contributed by atoms with Gasteiger partial charge < -0.3 is 11.1 Å². The van der Waals surface area contributed by atoms with E-state index in [1.165, 1.54) is 18.5 Å². The van der Waals surface area contributed by atoms with E-state index >= 15 is 0 Å². The van der Waals surface area contributed by atoms with Crippen LogP contribution in [0.3, 0.4) is 0 Å². The first-order chi connectivity index (χ1) is 8.06. The van der Waals surface area contributed by atoms with Crippen LogP contribution < -0.4 is 11.1 Å². The second-order valence-electron chi connectivity index (χ2n) is 3.20. The van der Waals surface area contributed by atoms with E-state index in [2.05, 4.69) is 31.2 Å². The van der Waals surface area contributed by atoms with Crippen molar-refractivity contribution in [3.05, 3.63) is 39.8 Å². The summed E-state index contributed by atoms with van der Waals surface area (Å²) in [5.74, 6) is 0.387. The molecule has 2 rings (SSSR count). The molecule has 17 heavy (non-hydrogen) atoms. The van der Waals surface area contributed by atoms with Crippen molar-refractivity contribution < 1.29 is 4.39 Å². The lowest BCUT2D eigenvalue weighted by atomic mass is 10.3. The van der Waals surface area contributed by atoms with Gasteiger partial charge in [0, 0.05) is 10.5 Å². The molecule has 88 valence electrons. The molecule has 4 nitrogen and oxygen atoms in total. The van der Waals surface area contributed by atoms with Gasteiger partial charge in [0.2, 0.25) is 0 Å². The minimum Gasteiger partial charge on any atom is -0.384 e. The Labute approximate surface area is 110 Å². The number of rotatable bonds is 2. The predicted molar refractivity (Wildman–Crippen MR) is 68.8 cm³/mol. The summed E-state index contributed by atoms with van der Waals surface area (Å²) in [5, 5.41) is 3.18. The molecule has 0 aliphatic rings. The Balaban J connectivity index is 2.36. The highest BCUT2D eigenvalue weighted by molar-refractivity contribution is 9.10. The third-order valence-electron chi connectivity index (χ3n) is 1.95. The fraction of sp³-hybridized carbons (Fsp3) is 0. The number of nitrogen functional groups attached to an aromatic ring is 1. The van der Waals surface area contributed by atoms with Crippen LogP contribution in [-0.2, 0) is 0 Å². The number of aromatic nitrogens is 2. The largest absolute Gasteiger partial charge is 0.384 e. The first-order valence-electron chi connectivity index (χ1n) is 4.55. The summed E-state index contributed by atoms with van der Waals surface area (Å²) >= 11 is 9.13. The molecule has 0 aliphatic carbocycles. The molecule has 1 aromatic heterocycles. The van der Waals surface area contributed by atoms with E-state index in [1.807, 2.05) is 0 Å². The van der Waals surface area contributed by atoms with Crippen molar-refractivity contribution in [1.29, 1.82) is 0 Å². The highest BCUT2D eigenvalue weighted by atomic mass is 79.9. The number of hydrogen-bond acceptors (Lipinski definition) is 4. The van der Waals surface area contributed by atoms with Crippen LogP contribution in [0.5, 0.6) is 0 Å². The molecule has 1 aromatic carbocycles. The minimum atomic E-state index is -0.422. The number of nitrogens with two attached hydrogens (primary N) is 1. The standard InChI is InChI=1S/C10H7BrClFN4/c11-6-1-5(13)2-7(12)10(6)17-9-3-8(14)15-4-16-9/h1-4H,(H3,14,15,16,17). The van der Waals surface area contributed by atoms with Crippen molar-refractivity contribution in [2.24, 2.45) is 0 Å². The normalized spacial score (nSPS) is 10.3. The maximum absolute atomic E-state index is 13.0. The zero-order valence-electron chi connectivity index (χ0n) is 8.42. The molecule has 0 bridgehead atoms. The average Bonchev–Trinajstić information content (AvgIpc) is 2.23. The number of nitrogens with zero attached hydrogens (tertiary/aromatic N) is 2. The van der Waals surface area contributed by atoms with E-state index < -0.39 is 5.82 Å². The summed E-state index contributed by atoms with van der Waals surface area (Å²) in [4.78, 5) is 7.73. The summed E-state index contributed by atoms with van der Waals surface area (Å²) in [6, 6.07) is 4.06. The van der Waals surface area contributed by atoms with Gasteiger partial charge in [-0.15, -0.1) is 0 Å². The predicted octanol–water partition coefficient (Wildman–Crippen LogP) is 3.36. The topological polar surface area (TPSA) is 63.8 Å². The molecule has 1 heterocycles. The van der Waals surface area contributed by atoms with Gasteiger partial charge in [-0.2, -0.15) is 0 Å². The van der Waals surface area contributed by atoms with E-state index in [0.29, 0.717) is 21.8 Å². The Hall–Kier alpha value is -1.40. The lowest BCUT2D eigenvalue weighted by Gasteiger charge is -2.10. The minimum absolute atomic E-state index is 0.244. The molecular formula is C10H7BrClFN4. The molecule has 0 atom stereocenters. The van der Waals surface area contributed by atoms with Crippen LogP contribution in [0.15, 0.2) is 29.0 Å². The number of halogens is 3. The molecule has 0 aliphatic heterocycles. The molecular weight excluding hydrogens is 310 g/mol. The Kier molecular flexibility index (Phi) is 3.44. The molecule has 0 radical (unpaired) electrons. The first-order valence-corrected chi connectivity index (χ1v) is 5.72. The Morgan fingerprint density at radius 1 is 1.29 bits per heavy atom. The summed E-state index contributed by atoms with van der Waals surface area (Å²) in [6.45, 7) is 0. The van der Waals surface area contributed by atoms with Gasteiger partial charge in [-0.05, 0) is 28.1 Å². The van der Waals surface area contributed by atoms with Gasteiger partial charge in [-0.25, -0.2) is 14.4 Å². The monoisotopic (exact) mass is 316 g/mol. The molecule has 0 saturated heterocycles. The molecule has 0 spiro atoms. The quantitative estimate of drug-likeness (QED) is 0.891. The molecule has 7 heteroatoms. The third-order valence-corrected chi connectivity index (χ3v) is 2.87. The Morgan fingerprint density at radius 3 is 2.71 bits per heavy atom. The van der Waals surface area contributed by atoms with E-state index in [9.17, 15) is 4.39 Å². The summed E-state index contributed by atoms with van der Waals surface area (Å²) in [5.41, 5.74) is 6.04. The third kappa shape index (κ3) is 2.83. The van der Waals surface area contributed by atoms with Gasteiger partial charge in [-0.3, -0.25) is 0 Å². The highest BCUT2D eigenvalue weighted by Gasteiger charge is 2.09. The number of nitrogens with one attached hydrogen (secondary N) is 1. The Morgan fingerprint density at radius 2 is 2.06 bits per heavy atom. The van der Waals surface area contributed by atoms with Crippen LogP contribution in [0.25, 0.3) is 0 Å². The Bertz CT molecular complexity index is 541. The van der Waals surface area contributed by atoms with Crippen LogP contribution in [0.4, 0.5) is 21.7 Å². The SMILES string of the molecule is Nc1cc(Nc2c(Cl)cc(F)cc2Br)ncn1. The van der Waals surface area contributed by atoms with Crippen LogP contribution in [0.2, 0.25) is 5.02 Å². The lowest BCUT2D eigenvalue weighted by Crippen LogP contribution is -1.98. The number of anilines is 3. The summed E-state index contributed by atoms with van der Waals surface area (Å²) in [7, 11) is 0. The maximum atomic E-state index is 13.0. The van der Waals surface area contributed by atoms with Crippen molar-refractivity contribution in [3.8, 4) is 0 Å². The second-order valence-corrected chi connectivity index (χ2v) is 4.46. The van der Waals surface area contributed by atoms with E-state index in [4.69, 9.17) is 17.3 Å². The van der Waals surface area contributed by atoms with Gasteiger partial charge in [0.15, 0.2) is 0 Å². The number of hydrogen-bond donors (Lipinski definition) is 2. The van der Waals surface area contributed by atoms with Crippen molar-refractivity contribution >= 4 is 44.9 Å². The van der Waals surface area contributed by atoms with Crippen LogP contribution in [-0.4, -0.2) is 9.97 Å². The van der Waals surface area contributed by atoms with Crippen molar-refractivity contribution in [1.82, 2.24) is 9.97 Å². The van der Waals surface area contributed by atoms with Crippen LogP contribution in [0, 0.1) is 5.82 Å². The van der Waals surface area contributed by atoms with E-state index in [-0.39, 0.29) is 5.02 Å². The average molecular weight is 318 g/mol. The number of benzene rings is 1. The van der Waals surface area contributed by atoms with Crippen molar-refractivity contribution in [2.75, 3.05) is 11.1 Å². The summed E-state index contributed by atoms with van der Waals surface area (Å²) < 4.78 is 13.5. The van der Waals surface area contributed by atoms with Gasteiger partial charge in [-0.1, -0.05) is 11.6 Å². The molecule has 0 fully saturated rings. The first kappa shape index (κ1) is 12.1. The molecule has 3 N–H and O–H groups in total. The second kappa shape index (κ2) is 4.85. The van der Waals surface area contributed by atoms with Crippen LogP contribution >= 0.6 is 27.5 Å². The van der Waals surface area contributed by atoms with E-state index in [1.54, 1.807) is 6.07 Å². The van der Waals surface area contributed by atoms with E-state index in [0.717, 1.165) is 0 Å². The molecule has 0 unspecified atom stereocenters. The maximum Gasteiger partial charge on any atom is 0.135 e. The molecule has 0 amide bonds. The lowest BCUT2D eigenvalue weighted by molar-refractivity contribution is 0.627. The summed E-state index contributed by atoms with van der Waals surface area (Å²) in [6.07, 6.45) is 1.32. The zero-order valence-corrected chi connectivity index (χ0v) is 10.8. The van der Waals surface area contributed by atoms with Crippen LogP contribution in [0.1, 0.15) is 0 Å². The van der Waals surface area contributed by atoms with Gasteiger partial charge >= 0.3 is 0 Å². The molecule has 0 saturated carbocycles. The molecule has 2 aromatic rings. The van der Waals surface area contributed by atoms with Gasteiger partial charge in [0.05, 0.1) is 10.7 Å². The fourth-order valence-corrected chi connectivity index (χ4v) is 2.13. The fourth-order valence-electron chi connectivity index (χ4n) is 1.23. The van der Waals surface area contributed by atoms with Crippen molar-refractivity contribution in [2.45, 2.75) is 0 Å². The van der Waals surface area contributed by atoms with Gasteiger partial charge in [0.25, 0.3) is 0 Å². The van der Waals surface area contributed by atoms with Crippen molar-refractivity contribution in [3.63, 3.8) is 0 Å². The highest BCUT2D eigenvalue weighted by Crippen LogP contribution is 2.33. The zero-order chi connectivity index (χ0) is 12.4. The van der Waals surface area contributed by atoms with Gasteiger partial charge in [0.1, 0.15) is 23.8 Å².